The minimum Gasteiger partial charge on any atom is -0.335 e. The summed E-state index contributed by atoms with van der Waals surface area (Å²) < 4.78 is 34.4. The normalized spacial score (nSPS) is 11.1. The third-order valence-electron chi connectivity index (χ3n) is 4.87. The third-order valence-corrected chi connectivity index (χ3v) is 4.87. The molecule has 3 aromatic heterocycles. The van der Waals surface area contributed by atoms with Crippen LogP contribution in [0, 0.1) is 18.6 Å². The predicted octanol–water partition coefficient (Wildman–Crippen LogP) is 4.31. The number of halogens is 2. The van der Waals surface area contributed by atoms with Crippen molar-refractivity contribution in [1.82, 2.24) is 24.9 Å². The number of carbonyl (C=O) groups excluding carboxylic acids is 1. The number of pyridine rings is 1. The number of hydrogen-bond donors (Lipinski definition) is 1. The minimum absolute atomic E-state index is 0.169. The van der Waals surface area contributed by atoms with Crippen LogP contribution in [-0.2, 0) is 0 Å². The van der Waals surface area contributed by atoms with Crippen LogP contribution in [0.3, 0.4) is 0 Å². The number of nitrogens with zero attached hydrogens (tertiary/aromatic N) is 5. The number of nitrogens with one attached hydrogen (secondary N) is 1. The van der Waals surface area contributed by atoms with Crippen LogP contribution in [0.2, 0.25) is 0 Å². The van der Waals surface area contributed by atoms with Crippen LogP contribution >= 0.6 is 0 Å². The Morgan fingerprint density at radius 2 is 1.91 bits per heavy atom. The fourth-order valence-electron chi connectivity index (χ4n) is 3.34. The highest BCUT2D eigenvalue weighted by Gasteiger charge is 2.20. The second-order valence-corrected chi connectivity index (χ2v) is 6.97. The van der Waals surface area contributed by atoms with E-state index in [4.69, 9.17) is 4.52 Å². The van der Waals surface area contributed by atoms with Crippen molar-refractivity contribution in [2.45, 2.75) is 6.92 Å². The van der Waals surface area contributed by atoms with Crippen molar-refractivity contribution in [2.75, 3.05) is 5.32 Å². The fraction of sp³-hybridized carbons (Fsp3) is 0.0455. The zero-order chi connectivity index (χ0) is 22.2. The maximum Gasteiger partial charge on any atom is 0.259 e. The van der Waals surface area contributed by atoms with Crippen molar-refractivity contribution < 1.29 is 18.1 Å². The van der Waals surface area contributed by atoms with Crippen LogP contribution in [0.1, 0.15) is 16.1 Å². The Morgan fingerprint density at radius 1 is 1.09 bits per heavy atom. The first-order valence-electron chi connectivity index (χ1n) is 9.48. The number of benzene rings is 2. The first-order chi connectivity index (χ1) is 15.5. The van der Waals surface area contributed by atoms with Gasteiger partial charge in [-0.3, -0.25) is 4.79 Å². The van der Waals surface area contributed by atoms with E-state index in [1.807, 2.05) is 0 Å². The van der Waals surface area contributed by atoms with Crippen molar-refractivity contribution >= 4 is 22.7 Å². The number of rotatable bonds is 4. The molecule has 0 fully saturated rings. The molecule has 5 aromatic rings. The van der Waals surface area contributed by atoms with Gasteiger partial charge in [-0.05, 0) is 55.5 Å². The Balaban J connectivity index is 1.52. The van der Waals surface area contributed by atoms with E-state index in [0.717, 1.165) is 0 Å². The quantitative estimate of drug-likeness (QED) is 0.454. The summed E-state index contributed by atoms with van der Waals surface area (Å²) in [5.74, 6) is -1.47. The summed E-state index contributed by atoms with van der Waals surface area (Å²) in [6.45, 7) is 1.69. The molecular weight excluding hydrogens is 418 g/mol. The number of anilines is 1. The second kappa shape index (κ2) is 7.65. The lowest BCUT2D eigenvalue weighted by atomic mass is 10.0. The molecule has 0 saturated heterocycles. The summed E-state index contributed by atoms with van der Waals surface area (Å²) in [5, 5.41) is 10.9. The number of amides is 1. The zero-order valence-corrected chi connectivity index (χ0v) is 16.6. The molecule has 0 aliphatic heterocycles. The molecule has 3 heterocycles. The highest BCUT2D eigenvalue weighted by atomic mass is 19.1. The number of aryl methyl sites for hydroxylation is 1. The molecule has 0 unspecified atom stereocenters. The molecule has 0 radical (unpaired) electrons. The lowest BCUT2D eigenvalue weighted by Crippen LogP contribution is -2.13. The molecule has 32 heavy (non-hydrogen) atoms. The highest BCUT2D eigenvalue weighted by molar-refractivity contribution is 6.13. The maximum absolute atomic E-state index is 14.5. The van der Waals surface area contributed by atoms with Crippen LogP contribution in [0.4, 0.5) is 14.5 Å². The van der Waals surface area contributed by atoms with Gasteiger partial charge in [-0.15, -0.1) is 0 Å². The predicted molar refractivity (Wildman–Crippen MR) is 111 cm³/mol. The fourth-order valence-corrected chi connectivity index (χ4v) is 3.34. The molecule has 8 nitrogen and oxygen atoms in total. The van der Waals surface area contributed by atoms with Gasteiger partial charge in [0.25, 0.3) is 11.6 Å². The van der Waals surface area contributed by atoms with Gasteiger partial charge in [0.2, 0.25) is 0 Å². The molecule has 2 aromatic carbocycles. The van der Waals surface area contributed by atoms with Crippen molar-refractivity contribution in [3.05, 3.63) is 84.1 Å². The summed E-state index contributed by atoms with van der Waals surface area (Å²) in [6, 6.07) is 11.5. The Morgan fingerprint density at radius 3 is 2.62 bits per heavy atom. The Labute approximate surface area is 179 Å². The Kier molecular flexibility index (Phi) is 4.66. The molecule has 1 amide bonds. The molecule has 0 saturated carbocycles. The largest absolute Gasteiger partial charge is 0.335 e. The van der Waals surface area contributed by atoms with E-state index >= 15 is 0 Å². The van der Waals surface area contributed by atoms with E-state index in [1.54, 1.807) is 31.2 Å². The van der Waals surface area contributed by atoms with Gasteiger partial charge in [0.15, 0.2) is 5.82 Å². The number of hydrogen-bond acceptors (Lipinski definition) is 6. The number of fused-ring (bicyclic) bond motifs is 1. The van der Waals surface area contributed by atoms with Gasteiger partial charge >= 0.3 is 0 Å². The van der Waals surface area contributed by atoms with Crippen LogP contribution in [0.15, 0.2) is 65.7 Å². The molecule has 10 heteroatoms. The van der Waals surface area contributed by atoms with E-state index in [-0.39, 0.29) is 28.5 Å². The van der Waals surface area contributed by atoms with Crippen molar-refractivity contribution in [2.24, 2.45) is 0 Å². The van der Waals surface area contributed by atoms with E-state index in [2.05, 4.69) is 25.5 Å². The Bertz CT molecular complexity index is 1450. The highest BCUT2D eigenvalue weighted by Crippen LogP contribution is 2.28. The summed E-state index contributed by atoms with van der Waals surface area (Å²) in [7, 11) is 0. The van der Waals surface area contributed by atoms with Gasteiger partial charge in [-0.1, -0.05) is 5.16 Å². The Hall–Kier alpha value is -4.47. The molecule has 5 rings (SSSR count). The molecular formula is C22H14F2N6O2. The second-order valence-electron chi connectivity index (χ2n) is 6.97. The molecule has 1 N–H and O–H groups in total. The average molecular weight is 432 g/mol. The number of carbonyl (C=O) groups is 1. The lowest BCUT2D eigenvalue weighted by Gasteiger charge is -2.10. The third kappa shape index (κ3) is 3.47. The summed E-state index contributed by atoms with van der Waals surface area (Å²) in [6.07, 6.45) is 2.67. The summed E-state index contributed by atoms with van der Waals surface area (Å²) in [5.41, 5.74) is 2.34. The van der Waals surface area contributed by atoms with Crippen molar-refractivity contribution in [1.29, 1.82) is 0 Å². The standard InChI is InChI=1S/C22H14F2N6O2/c1-12-20-16(9-18(28-22(20)32-29-12)13-2-4-14(23)5-3-13)21(31)27-15-6-7-19(17(24)8-15)30-11-25-10-26-30/h2-11H,1H3,(H,27,31). The van der Waals surface area contributed by atoms with Crippen LogP contribution < -0.4 is 5.32 Å². The molecule has 0 atom stereocenters. The van der Waals surface area contributed by atoms with Crippen molar-refractivity contribution in [3.63, 3.8) is 0 Å². The maximum atomic E-state index is 14.5. The first-order valence-corrected chi connectivity index (χ1v) is 9.48. The number of aromatic nitrogens is 5. The van der Waals surface area contributed by atoms with Gasteiger partial charge in [0.05, 0.1) is 22.3 Å². The molecule has 0 bridgehead atoms. The minimum atomic E-state index is -0.582. The lowest BCUT2D eigenvalue weighted by molar-refractivity contribution is 0.102. The average Bonchev–Trinajstić information content (AvgIpc) is 3.44. The van der Waals surface area contributed by atoms with E-state index in [9.17, 15) is 13.6 Å². The van der Waals surface area contributed by atoms with E-state index in [0.29, 0.717) is 22.3 Å². The van der Waals surface area contributed by atoms with Crippen LogP contribution in [0.5, 0.6) is 0 Å². The first kappa shape index (κ1) is 19.5. The van der Waals surface area contributed by atoms with Gasteiger partial charge in [-0.25, -0.2) is 23.4 Å². The van der Waals surface area contributed by atoms with Gasteiger partial charge in [0, 0.05) is 11.3 Å². The molecule has 0 aliphatic carbocycles. The zero-order valence-electron chi connectivity index (χ0n) is 16.6. The van der Waals surface area contributed by atoms with E-state index in [1.165, 1.54) is 41.6 Å². The summed E-state index contributed by atoms with van der Waals surface area (Å²) >= 11 is 0. The molecule has 0 spiro atoms. The van der Waals surface area contributed by atoms with Crippen LogP contribution in [0.25, 0.3) is 28.0 Å². The van der Waals surface area contributed by atoms with Crippen LogP contribution in [-0.4, -0.2) is 30.8 Å². The monoisotopic (exact) mass is 432 g/mol. The smallest absolute Gasteiger partial charge is 0.259 e. The van der Waals surface area contributed by atoms with Gasteiger partial charge in [-0.2, -0.15) is 5.10 Å². The topological polar surface area (TPSA) is 98.7 Å². The molecule has 158 valence electrons. The SMILES string of the molecule is Cc1noc2nc(-c3ccc(F)cc3)cc(C(=O)Nc3ccc(-n4cncn4)c(F)c3)c12. The van der Waals surface area contributed by atoms with Gasteiger partial charge in [0.1, 0.15) is 24.2 Å². The van der Waals surface area contributed by atoms with Crippen molar-refractivity contribution in [3.8, 4) is 16.9 Å². The molecule has 0 aliphatic rings. The van der Waals surface area contributed by atoms with Gasteiger partial charge < -0.3 is 9.84 Å². The summed E-state index contributed by atoms with van der Waals surface area (Å²) in [4.78, 5) is 21.3. The van der Waals surface area contributed by atoms with E-state index < -0.39 is 11.7 Å².